The third-order valence-corrected chi connectivity index (χ3v) is 4.49. The van der Waals surface area contributed by atoms with Crippen molar-refractivity contribution >= 4 is 5.91 Å². The molecule has 1 unspecified atom stereocenters. The van der Waals surface area contributed by atoms with Gasteiger partial charge in [0.2, 0.25) is 0 Å². The van der Waals surface area contributed by atoms with Gasteiger partial charge in [0.15, 0.2) is 5.82 Å². The van der Waals surface area contributed by atoms with Crippen LogP contribution in [-0.2, 0) is 5.41 Å². The molecule has 26 heavy (non-hydrogen) atoms. The van der Waals surface area contributed by atoms with E-state index < -0.39 is 0 Å². The zero-order chi connectivity index (χ0) is 19.5. The average molecular weight is 358 g/mol. The van der Waals surface area contributed by atoms with Crippen LogP contribution in [0, 0.1) is 5.92 Å². The maximum Gasteiger partial charge on any atom is 0.258 e. The van der Waals surface area contributed by atoms with E-state index in [-0.39, 0.29) is 17.4 Å². The molecule has 1 heterocycles. The first-order valence-electron chi connectivity index (χ1n) is 9.06. The summed E-state index contributed by atoms with van der Waals surface area (Å²) in [6, 6.07) is 7.40. The summed E-state index contributed by atoms with van der Waals surface area (Å²) in [5, 5.41) is 4.06. The van der Waals surface area contributed by atoms with Crippen LogP contribution in [0.3, 0.4) is 0 Å². The minimum atomic E-state index is -0.218. The number of hydrogen-bond acceptors (Lipinski definition) is 5. The molecule has 0 radical (unpaired) electrons. The maximum absolute atomic E-state index is 12.9. The van der Waals surface area contributed by atoms with E-state index in [1.807, 2.05) is 39.0 Å². The minimum absolute atomic E-state index is 0.0748. The first-order valence-corrected chi connectivity index (χ1v) is 9.06. The van der Waals surface area contributed by atoms with Crippen molar-refractivity contribution in [2.75, 3.05) is 13.6 Å². The number of carbonyl (C=O) groups excluding carboxylic acids is 1. The monoisotopic (exact) mass is 358 g/mol. The van der Waals surface area contributed by atoms with E-state index in [1.165, 1.54) is 0 Å². The van der Waals surface area contributed by atoms with Crippen LogP contribution in [0.25, 0.3) is 11.5 Å². The first kappa shape index (κ1) is 20.1. The lowest BCUT2D eigenvalue weighted by molar-refractivity contribution is 0.0789. The summed E-state index contributed by atoms with van der Waals surface area (Å²) >= 11 is 0. The molecular formula is C20H30N4O2. The smallest absolute Gasteiger partial charge is 0.258 e. The topological polar surface area (TPSA) is 85.2 Å². The van der Waals surface area contributed by atoms with E-state index in [9.17, 15) is 4.79 Å². The van der Waals surface area contributed by atoms with E-state index >= 15 is 0 Å². The van der Waals surface area contributed by atoms with E-state index in [1.54, 1.807) is 18.0 Å². The Hall–Kier alpha value is -2.21. The SMILES string of the molecule is CC(C)C(N)CCN(C)C(=O)c1ccccc1-c1nc(C(C)(C)C)no1. The summed E-state index contributed by atoms with van der Waals surface area (Å²) in [6.07, 6.45) is 0.761. The Kier molecular flexibility index (Phi) is 6.18. The highest BCUT2D eigenvalue weighted by molar-refractivity contribution is 5.99. The molecule has 1 aromatic heterocycles. The molecule has 2 N–H and O–H groups in total. The van der Waals surface area contributed by atoms with Crippen molar-refractivity contribution in [2.45, 2.75) is 52.5 Å². The van der Waals surface area contributed by atoms with Gasteiger partial charge in [-0.2, -0.15) is 4.98 Å². The number of nitrogens with zero attached hydrogens (tertiary/aromatic N) is 3. The van der Waals surface area contributed by atoms with Crippen LogP contribution in [-0.4, -0.2) is 40.6 Å². The third kappa shape index (κ3) is 4.69. The fraction of sp³-hybridized carbons (Fsp3) is 0.550. The van der Waals surface area contributed by atoms with Crippen LogP contribution in [0.15, 0.2) is 28.8 Å². The molecule has 0 fully saturated rings. The Labute approximate surface area is 155 Å². The Morgan fingerprint density at radius 1 is 1.27 bits per heavy atom. The molecule has 142 valence electrons. The van der Waals surface area contributed by atoms with Crippen molar-refractivity contribution < 1.29 is 9.32 Å². The lowest BCUT2D eigenvalue weighted by Gasteiger charge is -2.22. The molecule has 2 rings (SSSR count). The number of carbonyl (C=O) groups is 1. The van der Waals surface area contributed by atoms with Gasteiger partial charge in [0.25, 0.3) is 11.8 Å². The predicted octanol–water partition coefficient (Wildman–Crippen LogP) is 3.48. The highest BCUT2D eigenvalue weighted by atomic mass is 16.5. The van der Waals surface area contributed by atoms with Gasteiger partial charge < -0.3 is 15.2 Å². The van der Waals surface area contributed by atoms with Gasteiger partial charge in [-0.1, -0.05) is 51.9 Å². The number of benzene rings is 1. The van der Waals surface area contributed by atoms with Gasteiger partial charge in [0.05, 0.1) is 11.1 Å². The molecule has 0 bridgehead atoms. The fourth-order valence-electron chi connectivity index (χ4n) is 2.48. The maximum atomic E-state index is 12.9. The number of amides is 1. The molecule has 6 heteroatoms. The molecule has 0 saturated heterocycles. The van der Waals surface area contributed by atoms with Crippen LogP contribution in [0.4, 0.5) is 0 Å². The summed E-state index contributed by atoms with van der Waals surface area (Å²) in [7, 11) is 1.79. The zero-order valence-electron chi connectivity index (χ0n) is 16.6. The van der Waals surface area contributed by atoms with Crippen LogP contribution >= 0.6 is 0 Å². The predicted molar refractivity (Wildman–Crippen MR) is 103 cm³/mol. The van der Waals surface area contributed by atoms with Gasteiger partial charge in [-0.25, -0.2) is 0 Å². The minimum Gasteiger partial charge on any atom is -0.342 e. The molecule has 1 aromatic carbocycles. The Bertz CT molecular complexity index is 746. The molecule has 1 atom stereocenters. The number of nitrogens with two attached hydrogens (primary N) is 1. The van der Waals surface area contributed by atoms with Crippen LogP contribution in [0.2, 0.25) is 0 Å². The number of rotatable bonds is 6. The van der Waals surface area contributed by atoms with Crippen molar-refractivity contribution in [3.05, 3.63) is 35.7 Å². The molecule has 6 nitrogen and oxygen atoms in total. The summed E-state index contributed by atoms with van der Waals surface area (Å²) in [4.78, 5) is 19.1. The molecule has 0 spiro atoms. The highest BCUT2D eigenvalue weighted by Gasteiger charge is 2.24. The van der Waals surface area contributed by atoms with Crippen molar-refractivity contribution in [1.29, 1.82) is 0 Å². The van der Waals surface area contributed by atoms with Crippen molar-refractivity contribution in [2.24, 2.45) is 11.7 Å². The van der Waals surface area contributed by atoms with Gasteiger partial charge in [-0.3, -0.25) is 4.79 Å². The van der Waals surface area contributed by atoms with Crippen LogP contribution in [0.1, 0.15) is 57.2 Å². The third-order valence-electron chi connectivity index (χ3n) is 4.49. The molecular weight excluding hydrogens is 328 g/mol. The standard InChI is InChI=1S/C20H30N4O2/c1-13(2)16(21)11-12-24(6)18(25)15-10-8-7-9-14(15)17-22-19(23-26-17)20(3,4)5/h7-10,13,16H,11-12,21H2,1-6H3. The van der Waals surface area contributed by atoms with Gasteiger partial charge in [0.1, 0.15) is 0 Å². The average Bonchev–Trinajstić information content (AvgIpc) is 3.08. The van der Waals surface area contributed by atoms with Crippen molar-refractivity contribution in [3.8, 4) is 11.5 Å². The van der Waals surface area contributed by atoms with Crippen molar-refractivity contribution in [1.82, 2.24) is 15.0 Å². The highest BCUT2D eigenvalue weighted by Crippen LogP contribution is 2.26. The summed E-state index contributed by atoms with van der Waals surface area (Å²) in [6.45, 7) is 10.8. The first-order chi connectivity index (χ1) is 12.1. The second-order valence-electron chi connectivity index (χ2n) is 8.14. The molecule has 0 aliphatic carbocycles. The van der Waals surface area contributed by atoms with Crippen LogP contribution < -0.4 is 5.73 Å². The van der Waals surface area contributed by atoms with Gasteiger partial charge in [-0.05, 0) is 24.5 Å². The number of hydrogen-bond donors (Lipinski definition) is 1. The second kappa shape index (κ2) is 7.99. The summed E-state index contributed by atoms with van der Waals surface area (Å²) in [5.74, 6) is 1.30. The Morgan fingerprint density at radius 2 is 1.92 bits per heavy atom. The molecule has 0 aliphatic rings. The van der Waals surface area contributed by atoms with E-state index in [0.717, 1.165) is 6.42 Å². The van der Waals surface area contributed by atoms with Gasteiger partial charge >= 0.3 is 0 Å². The van der Waals surface area contributed by atoms with Gasteiger partial charge in [-0.15, -0.1) is 0 Å². The number of aromatic nitrogens is 2. The van der Waals surface area contributed by atoms with E-state index in [0.29, 0.717) is 35.3 Å². The fourth-order valence-corrected chi connectivity index (χ4v) is 2.48. The lowest BCUT2D eigenvalue weighted by Crippen LogP contribution is -2.34. The molecule has 0 saturated carbocycles. The Morgan fingerprint density at radius 3 is 2.50 bits per heavy atom. The molecule has 1 amide bonds. The molecule has 2 aromatic rings. The van der Waals surface area contributed by atoms with Crippen LogP contribution in [0.5, 0.6) is 0 Å². The van der Waals surface area contributed by atoms with Crippen molar-refractivity contribution in [3.63, 3.8) is 0 Å². The van der Waals surface area contributed by atoms with Gasteiger partial charge in [0, 0.05) is 25.0 Å². The Balaban J connectivity index is 2.23. The lowest BCUT2D eigenvalue weighted by atomic mass is 9.96. The van der Waals surface area contributed by atoms with E-state index in [2.05, 4.69) is 24.0 Å². The quantitative estimate of drug-likeness (QED) is 0.854. The molecule has 0 aliphatic heterocycles. The second-order valence-corrected chi connectivity index (χ2v) is 8.14. The summed E-state index contributed by atoms with van der Waals surface area (Å²) in [5.41, 5.74) is 7.09. The largest absolute Gasteiger partial charge is 0.342 e. The zero-order valence-corrected chi connectivity index (χ0v) is 16.6. The van der Waals surface area contributed by atoms with E-state index in [4.69, 9.17) is 10.3 Å². The summed E-state index contributed by atoms with van der Waals surface area (Å²) < 4.78 is 5.43. The normalized spacial score (nSPS) is 13.1.